The zero-order valence-electron chi connectivity index (χ0n) is 14.4. The van der Waals surface area contributed by atoms with E-state index in [9.17, 15) is 4.79 Å². The first-order chi connectivity index (χ1) is 12.2. The number of carbonyl (C=O) groups excluding carboxylic acids is 1. The molecule has 0 N–H and O–H groups in total. The summed E-state index contributed by atoms with van der Waals surface area (Å²) in [5.74, 6) is 0.493. The van der Waals surface area contributed by atoms with Gasteiger partial charge < -0.3 is 14.4 Å². The molecule has 6 nitrogen and oxygen atoms in total. The van der Waals surface area contributed by atoms with Crippen molar-refractivity contribution in [3.05, 3.63) is 47.8 Å². The Balaban J connectivity index is 1.39. The summed E-state index contributed by atoms with van der Waals surface area (Å²) < 4.78 is 13.1. The van der Waals surface area contributed by atoms with E-state index >= 15 is 0 Å². The van der Waals surface area contributed by atoms with Crippen LogP contribution in [0.3, 0.4) is 0 Å². The van der Waals surface area contributed by atoms with Crippen molar-refractivity contribution in [3.63, 3.8) is 0 Å². The number of piperidine rings is 1. The van der Waals surface area contributed by atoms with Crippen molar-refractivity contribution < 1.29 is 14.3 Å². The molecule has 1 aromatic carbocycles. The van der Waals surface area contributed by atoms with Gasteiger partial charge in [0, 0.05) is 36.5 Å². The Labute approximate surface area is 147 Å². The number of aryl methyl sites for hydroxylation is 1. The van der Waals surface area contributed by atoms with E-state index in [2.05, 4.69) is 5.10 Å². The number of amides is 1. The van der Waals surface area contributed by atoms with E-state index in [0.29, 0.717) is 19.1 Å². The lowest BCUT2D eigenvalue weighted by molar-refractivity contribution is -0.0956. The highest BCUT2D eigenvalue weighted by atomic mass is 16.7. The summed E-state index contributed by atoms with van der Waals surface area (Å²) in [6.07, 6.45) is 3.56. The number of ether oxygens (including phenoxy) is 2. The van der Waals surface area contributed by atoms with Crippen molar-refractivity contribution in [2.75, 3.05) is 26.3 Å². The molecule has 0 aliphatic carbocycles. The van der Waals surface area contributed by atoms with E-state index in [1.54, 1.807) is 6.20 Å². The van der Waals surface area contributed by atoms with Gasteiger partial charge in [-0.1, -0.05) is 0 Å². The van der Waals surface area contributed by atoms with Gasteiger partial charge in [0.15, 0.2) is 6.29 Å². The fourth-order valence-corrected chi connectivity index (χ4v) is 3.59. The summed E-state index contributed by atoms with van der Waals surface area (Å²) in [6, 6.07) is 9.61. The smallest absolute Gasteiger partial charge is 0.253 e. The Morgan fingerprint density at radius 2 is 1.76 bits per heavy atom. The maximum Gasteiger partial charge on any atom is 0.253 e. The summed E-state index contributed by atoms with van der Waals surface area (Å²) >= 11 is 0. The quantitative estimate of drug-likeness (QED) is 0.860. The predicted octanol–water partition coefficient (Wildman–Crippen LogP) is 2.41. The Morgan fingerprint density at radius 3 is 2.36 bits per heavy atom. The zero-order valence-corrected chi connectivity index (χ0v) is 14.4. The third kappa shape index (κ3) is 3.32. The van der Waals surface area contributed by atoms with Crippen molar-refractivity contribution in [2.24, 2.45) is 5.92 Å². The molecule has 0 spiro atoms. The number of hydrogen-bond acceptors (Lipinski definition) is 4. The average molecular weight is 341 g/mol. The number of aromatic nitrogens is 2. The van der Waals surface area contributed by atoms with Crippen LogP contribution in [0.1, 0.15) is 28.9 Å². The van der Waals surface area contributed by atoms with Gasteiger partial charge in [0.05, 0.1) is 18.9 Å². The van der Waals surface area contributed by atoms with E-state index in [1.165, 1.54) is 0 Å². The van der Waals surface area contributed by atoms with Crippen LogP contribution >= 0.6 is 0 Å². The number of hydrogen-bond donors (Lipinski definition) is 0. The molecule has 25 heavy (non-hydrogen) atoms. The largest absolute Gasteiger partial charge is 0.350 e. The molecule has 2 saturated heterocycles. The van der Waals surface area contributed by atoms with Crippen molar-refractivity contribution in [2.45, 2.75) is 26.1 Å². The Hall–Kier alpha value is -2.18. The first-order valence-corrected chi connectivity index (χ1v) is 8.86. The summed E-state index contributed by atoms with van der Waals surface area (Å²) in [5.41, 5.74) is 2.76. The molecule has 2 aliphatic rings. The SMILES string of the molecule is Cc1ccnn1-c1ccc(C(=O)N2CCC(C3OCCO3)CC2)cc1. The average Bonchev–Trinajstić information content (AvgIpc) is 3.33. The molecule has 6 heteroatoms. The van der Waals surface area contributed by atoms with E-state index in [1.807, 2.05) is 46.8 Å². The highest BCUT2D eigenvalue weighted by Gasteiger charge is 2.31. The molecular formula is C19H23N3O3. The molecule has 0 bridgehead atoms. The molecule has 0 radical (unpaired) electrons. The minimum atomic E-state index is -0.0751. The summed E-state index contributed by atoms with van der Waals surface area (Å²) in [5, 5.41) is 4.29. The fraction of sp³-hybridized carbons (Fsp3) is 0.474. The van der Waals surface area contributed by atoms with Gasteiger partial charge in [-0.15, -0.1) is 0 Å². The van der Waals surface area contributed by atoms with Crippen LogP contribution in [0.2, 0.25) is 0 Å². The maximum absolute atomic E-state index is 12.7. The lowest BCUT2D eigenvalue weighted by Crippen LogP contribution is -2.41. The number of nitrogens with zero attached hydrogens (tertiary/aromatic N) is 3. The van der Waals surface area contributed by atoms with Gasteiger partial charge in [-0.05, 0) is 50.1 Å². The third-order valence-corrected chi connectivity index (χ3v) is 5.05. The molecule has 0 saturated carbocycles. The van der Waals surface area contributed by atoms with E-state index in [0.717, 1.165) is 42.9 Å². The molecule has 2 aromatic rings. The van der Waals surface area contributed by atoms with Crippen LogP contribution < -0.4 is 0 Å². The maximum atomic E-state index is 12.7. The minimum Gasteiger partial charge on any atom is -0.350 e. The van der Waals surface area contributed by atoms with Crippen molar-refractivity contribution in [3.8, 4) is 5.69 Å². The zero-order chi connectivity index (χ0) is 17.2. The highest BCUT2D eigenvalue weighted by molar-refractivity contribution is 5.94. The minimum absolute atomic E-state index is 0.0751. The Bertz CT molecular complexity index is 727. The van der Waals surface area contributed by atoms with Crippen LogP contribution in [0, 0.1) is 12.8 Å². The molecule has 0 atom stereocenters. The predicted molar refractivity (Wildman–Crippen MR) is 92.6 cm³/mol. The topological polar surface area (TPSA) is 56.6 Å². The molecule has 4 rings (SSSR count). The molecule has 0 unspecified atom stereocenters. The molecule has 1 amide bonds. The monoisotopic (exact) mass is 341 g/mol. The van der Waals surface area contributed by atoms with Crippen molar-refractivity contribution in [1.82, 2.24) is 14.7 Å². The number of carbonyl (C=O) groups is 1. The lowest BCUT2D eigenvalue weighted by Gasteiger charge is -2.33. The van der Waals surface area contributed by atoms with Crippen LogP contribution in [0.15, 0.2) is 36.5 Å². The molecule has 2 fully saturated rings. The lowest BCUT2D eigenvalue weighted by atomic mass is 9.95. The van der Waals surface area contributed by atoms with Crippen LogP contribution in [0.4, 0.5) is 0 Å². The van der Waals surface area contributed by atoms with E-state index < -0.39 is 0 Å². The van der Waals surface area contributed by atoms with Gasteiger partial charge in [0.25, 0.3) is 5.91 Å². The van der Waals surface area contributed by atoms with Gasteiger partial charge in [-0.2, -0.15) is 5.10 Å². The van der Waals surface area contributed by atoms with Gasteiger partial charge >= 0.3 is 0 Å². The van der Waals surface area contributed by atoms with E-state index in [4.69, 9.17) is 9.47 Å². The second kappa shape index (κ2) is 6.98. The molecular weight excluding hydrogens is 318 g/mol. The van der Waals surface area contributed by atoms with Gasteiger partial charge in [-0.3, -0.25) is 4.79 Å². The third-order valence-electron chi connectivity index (χ3n) is 5.05. The first-order valence-electron chi connectivity index (χ1n) is 8.86. The Kier molecular flexibility index (Phi) is 4.55. The van der Waals surface area contributed by atoms with Crippen molar-refractivity contribution in [1.29, 1.82) is 0 Å². The molecule has 1 aromatic heterocycles. The summed E-state index contributed by atoms with van der Waals surface area (Å²) in [7, 11) is 0. The summed E-state index contributed by atoms with van der Waals surface area (Å²) in [6.45, 7) is 4.89. The second-order valence-corrected chi connectivity index (χ2v) is 6.67. The van der Waals surface area contributed by atoms with Gasteiger partial charge in [0.1, 0.15) is 0 Å². The van der Waals surface area contributed by atoms with Crippen LogP contribution in [-0.4, -0.2) is 53.2 Å². The van der Waals surface area contributed by atoms with Crippen LogP contribution in [0.5, 0.6) is 0 Å². The first kappa shape index (κ1) is 16.3. The molecule has 2 aliphatic heterocycles. The second-order valence-electron chi connectivity index (χ2n) is 6.67. The highest BCUT2D eigenvalue weighted by Crippen LogP contribution is 2.26. The standard InChI is InChI=1S/C19H23N3O3/c1-14-6-9-20-22(14)17-4-2-15(3-5-17)18(23)21-10-7-16(8-11-21)19-24-12-13-25-19/h2-6,9,16,19H,7-8,10-13H2,1H3. The number of benzene rings is 1. The van der Waals surface area contributed by atoms with Crippen LogP contribution in [0.25, 0.3) is 5.69 Å². The molecule has 132 valence electrons. The van der Waals surface area contributed by atoms with Gasteiger partial charge in [0.2, 0.25) is 0 Å². The van der Waals surface area contributed by atoms with E-state index in [-0.39, 0.29) is 12.2 Å². The van der Waals surface area contributed by atoms with Crippen LogP contribution in [-0.2, 0) is 9.47 Å². The number of rotatable bonds is 3. The van der Waals surface area contributed by atoms with Gasteiger partial charge in [-0.25, -0.2) is 4.68 Å². The fourth-order valence-electron chi connectivity index (χ4n) is 3.59. The van der Waals surface area contributed by atoms with Crippen molar-refractivity contribution >= 4 is 5.91 Å². The number of likely N-dealkylation sites (tertiary alicyclic amines) is 1. The Morgan fingerprint density at radius 1 is 1.08 bits per heavy atom. The molecule has 3 heterocycles. The summed E-state index contributed by atoms with van der Waals surface area (Å²) in [4.78, 5) is 14.7. The normalized spacial score (nSPS) is 19.5.